The third-order valence-electron chi connectivity index (χ3n) is 1.44. The van der Waals surface area contributed by atoms with Gasteiger partial charge in [-0.1, -0.05) is 29.8 Å². The summed E-state index contributed by atoms with van der Waals surface area (Å²) in [4.78, 5) is 0. The minimum atomic E-state index is -0.251. The standard InChI is InChI=1S/C10H13ClO2/c1-9(11)12-7-8-13-10-5-3-2-4-6-10/h2-6,9H,7-8H2,1H3. The molecule has 0 radical (unpaired) electrons. The van der Waals surface area contributed by atoms with Crippen molar-refractivity contribution in [2.45, 2.75) is 12.5 Å². The Morgan fingerprint density at radius 3 is 2.54 bits per heavy atom. The summed E-state index contributed by atoms with van der Waals surface area (Å²) in [6, 6.07) is 9.62. The van der Waals surface area contributed by atoms with Gasteiger partial charge in [0.25, 0.3) is 0 Å². The van der Waals surface area contributed by atoms with Gasteiger partial charge in [-0.05, 0) is 19.1 Å². The first-order valence-corrected chi connectivity index (χ1v) is 4.66. The molecule has 1 atom stereocenters. The van der Waals surface area contributed by atoms with E-state index in [0.717, 1.165) is 5.75 Å². The van der Waals surface area contributed by atoms with E-state index in [1.165, 1.54) is 0 Å². The minimum absolute atomic E-state index is 0.251. The van der Waals surface area contributed by atoms with Crippen molar-refractivity contribution in [1.82, 2.24) is 0 Å². The highest BCUT2D eigenvalue weighted by atomic mass is 35.5. The highest BCUT2D eigenvalue weighted by Crippen LogP contribution is 2.07. The van der Waals surface area contributed by atoms with Gasteiger partial charge in [0.1, 0.15) is 17.9 Å². The van der Waals surface area contributed by atoms with E-state index in [1.54, 1.807) is 6.92 Å². The van der Waals surface area contributed by atoms with E-state index >= 15 is 0 Å². The van der Waals surface area contributed by atoms with Crippen LogP contribution in [0.15, 0.2) is 30.3 Å². The van der Waals surface area contributed by atoms with Crippen molar-refractivity contribution in [2.75, 3.05) is 13.2 Å². The molecule has 1 rings (SSSR count). The van der Waals surface area contributed by atoms with Gasteiger partial charge >= 0.3 is 0 Å². The molecule has 1 aromatic carbocycles. The van der Waals surface area contributed by atoms with E-state index in [-0.39, 0.29) is 5.56 Å². The van der Waals surface area contributed by atoms with E-state index in [0.29, 0.717) is 13.2 Å². The molecule has 0 aliphatic carbocycles. The van der Waals surface area contributed by atoms with Gasteiger partial charge in [0.05, 0.1) is 6.61 Å². The zero-order valence-corrected chi connectivity index (χ0v) is 8.33. The van der Waals surface area contributed by atoms with Crippen molar-refractivity contribution in [3.63, 3.8) is 0 Å². The number of para-hydroxylation sites is 1. The summed E-state index contributed by atoms with van der Waals surface area (Å²) in [5, 5.41) is 0. The van der Waals surface area contributed by atoms with Gasteiger partial charge in [-0.25, -0.2) is 0 Å². The third-order valence-corrected chi connectivity index (χ3v) is 1.57. The van der Waals surface area contributed by atoms with Gasteiger partial charge in [-0.2, -0.15) is 0 Å². The Morgan fingerprint density at radius 1 is 1.23 bits per heavy atom. The Balaban J connectivity index is 2.13. The third kappa shape index (κ3) is 4.76. The average Bonchev–Trinajstić information content (AvgIpc) is 2.14. The lowest BCUT2D eigenvalue weighted by atomic mass is 10.3. The number of ether oxygens (including phenoxy) is 2. The van der Waals surface area contributed by atoms with Crippen LogP contribution in [0.25, 0.3) is 0 Å². The smallest absolute Gasteiger partial charge is 0.128 e. The molecule has 0 spiro atoms. The maximum atomic E-state index is 5.58. The van der Waals surface area contributed by atoms with Crippen molar-refractivity contribution in [2.24, 2.45) is 0 Å². The summed E-state index contributed by atoms with van der Waals surface area (Å²) in [5.41, 5.74) is -0.251. The minimum Gasteiger partial charge on any atom is -0.491 e. The van der Waals surface area contributed by atoms with Gasteiger partial charge in [0.2, 0.25) is 0 Å². The largest absolute Gasteiger partial charge is 0.491 e. The lowest BCUT2D eigenvalue weighted by Gasteiger charge is -2.07. The molecular weight excluding hydrogens is 188 g/mol. The molecule has 2 nitrogen and oxygen atoms in total. The molecule has 0 saturated carbocycles. The zero-order valence-electron chi connectivity index (χ0n) is 7.57. The van der Waals surface area contributed by atoms with Crippen molar-refractivity contribution in [3.05, 3.63) is 30.3 Å². The Labute approximate surface area is 83.4 Å². The number of alkyl halides is 1. The highest BCUT2D eigenvalue weighted by Gasteiger charge is 1.95. The Morgan fingerprint density at radius 2 is 1.92 bits per heavy atom. The molecule has 0 amide bonds. The SMILES string of the molecule is CC(Cl)OCCOc1ccccc1. The molecule has 1 aromatic rings. The second kappa shape index (κ2) is 5.84. The van der Waals surface area contributed by atoms with E-state index in [2.05, 4.69) is 0 Å². The second-order valence-corrected chi connectivity index (χ2v) is 3.19. The Bertz CT molecular complexity index is 224. The van der Waals surface area contributed by atoms with Gasteiger partial charge < -0.3 is 9.47 Å². The molecule has 0 bridgehead atoms. The van der Waals surface area contributed by atoms with Crippen LogP contribution in [0, 0.1) is 0 Å². The molecule has 0 N–H and O–H groups in total. The quantitative estimate of drug-likeness (QED) is 0.538. The fraction of sp³-hybridized carbons (Fsp3) is 0.400. The van der Waals surface area contributed by atoms with Crippen LogP contribution in [0.3, 0.4) is 0 Å². The van der Waals surface area contributed by atoms with Gasteiger partial charge in [0, 0.05) is 0 Å². The summed E-state index contributed by atoms with van der Waals surface area (Å²) in [6.07, 6.45) is 0. The second-order valence-electron chi connectivity index (χ2n) is 2.58. The summed E-state index contributed by atoms with van der Waals surface area (Å²) in [5.74, 6) is 0.855. The normalized spacial score (nSPS) is 12.5. The van der Waals surface area contributed by atoms with Crippen LogP contribution in [-0.2, 0) is 4.74 Å². The van der Waals surface area contributed by atoms with Crippen molar-refractivity contribution < 1.29 is 9.47 Å². The van der Waals surface area contributed by atoms with Crippen LogP contribution in [0.5, 0.6) is 5.75 Å². The number of halogens is 1. The zero-order chi connectivity index (χ0) is 9.52. The molecule has 0 saturated heterocycles. The molecule has 72 valence electrons. The van der Waals surface area contributed by atoms with Crippen molar-refractivity contribution in [1.29, 1.82) is 0 Å². The number of hydrogen-bond donors (Lipinski definition) is 0. The van der Waals surface area contributed by atoms with Crippen LogP contribution in [0.4, 0.5) is 0 Å². The fourth-order valence-corrected chi connectivity index (χ4v) is 0.976. The van der Waals surface area contributed by atoms with E-state index in [4.69, 9.17) is 21.1 Å². The topological polar surface area (TPSA) is 18.5 Å². The first-order valence-electron chi connectivity index (χ1n) is 4.22. The van der Waals surface area contributed by atoms with E-state index < -0.39 is 0 Å². The summed E-state index contributed by atoms with van der Waals surface area (Å²) in [7, 11) is 0. The maximum Gasteiger partial charge on any atom is 0.128 e. The summed E-state index contributed by atoms with van der Waals surface area (Å²) >= 11 is 5.58. The Kier molecular flexibility index (Phi) is 4.65. The molecular formula is C10H13ClO2. The highest BCUT2D eigenvalue weighted by molar-refractivity contribution is 6.19. The first-order chi connectivity index (χ1) is 6.29. The van der Waals surface area contributed by atoms with Gasteiger partial charge in [-0.3, -0.25) is 0 Å². The molecule has 3 heteroatoms. The van der Waals surface area contributed by atoms with Crippen LogP contribution in [-0.4, -0.2) is 18.8 Å². The first kappa shape index (κ1) is 10.4. The lowest BCUT2D eigenvalue weighted by molar-refractivity contribution is 0.0879. The van der Waals surface area contributed by atoms with Gasteiger partial charge in [-0.15, -0.1) is 0 Å². The predicted molar refractivity (Wildman–Crippen MR) is 53.2 cm³/mol. The van der Waals surface area contributed by atoms with E-state index in [1.807, 2.05) is 30.3 Å². The van der Waals surface area contributed by atoms with Crippen molar-refractivity contribution in [3.8, 4) is 5.75 Å². The van der Waals surface area contributed by atoms with Crippen LogP contribution < -0.4 is 4.74 Å². The van der Waals surface area contributed by atoms with Crippen LogP contribution in [0.1, 0.15) is 6.92 Å². The molecule has 13 heavy (non-hydrogen) atoms. The summed E-state index contributed by atoms with van der Waals surface area (Å²) < 4.78 is 10.5. The molecule has 0 aromatic heterocycles. The number of rotatable bonds is 5. The molecule has 1 unspecified atom stereocenters. The van der Waals surface area contributed by atoms with E-state index in [9.17, 15) is 0 Å². The lowest BCUT2D eigenvalue weighted by Crippen LogP contribution is -2.09. The Hall–Kier alpha value is -0.730. The molecule has 0 aliphatic rings. The predicted octanol–water partition coefficient (Wildman–Crippen LogP) is 2.67. The number of benzene rings is 1. The monoisotopic (exact) mass is 200 g/mol. The van der Waals surface area contributed by atoms with Gasteiger partial charge in [0.15, 0.2) is 0 Å². The van der Waals surface area contributed by atoms with Crippen molar-refractivity contribution >= 4 is 11.6 Å². The average molecular weight is 201 g/mol. The van der Waals surface area contributed by atoms with Crippen LogP contribution >= 0.6 is 11.6 Å². The fourth-order valence-electron chi connectivity index (χ4n) is 0.887. The maximum absolute atomic E-state index is 5.58. The van der Waals surface area contributed by atoms with Crippen LogP contribution in [0.2, 0.25) is 0 Å². The molecule has 0 aliphatic heterocycles. The molecule has 0 heterocycles. The molecule has 0 fully saturated rings. The number of hydrogen-bond acceptors (Lipinski definition) is 2. The summed E-state index contributed by atoms with van der Waals surface area (Å²) in [6.45, 7) is 2.82.